The molecular weight excluding hydrogens is 290 g/mol. The van der Waals surface area contributed by atoms with Crippen molar-refractivity contribution in [2.75, 3.05) is 18.0 Å². The molecule has 0 radical (unpaired) electrons. The molecule has 3 N–H and O–H groups in total. The third kappa shape index (κ3) is 3.42. The van der Waals surface area contributed by atoms with Gasteiger partial charge >= 0.3 is 0 Å². The van der Waals surface area contributed by atoms with Gasteiger partial charge in [-0.2, -0.15) is 0 Å². The highest BCUT2D eigenvalue weighted by atomic mass is 32.2. The van der Waals surface area contributed by atoms with Gasteiger partial charge < -0.3 is 10.6 Å². The lowest BCUT2D eigenvalue weighted by Gasteiger charge is -2.19. The Labute approximate surface area is 125 Å². The summed E-state index contributed by atoms with van der Waals surface area (Å²) in [6.45, 7) is 4.41. The van der Waals surface area contributed by atoms with Crippen LogP contribution in [0.15, 0.2) is 23.1 Å². The lowest BCUT2D eigenvalue weighted by molar-refractivity contribution is -0.118. The Kier molecular flexibility index (Phi) is 4.65. The van der Waals surface area contributed by atoms with Gasteiger partial charge in [-0.25, -0.2) is 13.1 Å². The highest BCUT2D eigenvalue weighted by molar-refractivity contribution is 7.89. The molecule has 6 nitrogen and oxygen atoms in total. The number of benzene rings is 1. The van der Waals surface area contributed by atoms with Gasteiger partial charge in [-0.3, -0.25) is 4.79 Å². The molecule has 0 aromatic heterocycles. The summed E-state index contributed by atoms with van der Waals surface area (Å²) in [7, 11) is -3.52. The van der Waals surface area contributed by atoms with Crippen LogP contribution in [-0.4, -0.2) is 33.5 Å². The van der Waals surface area contributed by atoms with Crippen LogP contribution in [0.4, 0.5) is 5.69 Å². The Morgan fingerprint density at radius 1 is 1.48 bits per heavy atom. The van der Waals surface area contributed by atoms with E-state index in [1.54, 1.807) is 36.9 Å². The summed E-state index contributed by atoms with van der Waals surface area (Å²) in [6.07, 6.45) is 0.991. The first-order valence-electron chi connectivity index (χ1n) is 7.03. The molecule has 1 heterocycles. The van der Waals surface area contributed by atoms with E-state index < -0.39 is 10.0 Å². The maximum atomic E-state index is 12.2. The Hall–Kier alpha value is -1.44. The molecule has 0 aliphatic carbocycles. The number of hydrogen-bond acceptors (Lipinski definition) is 4. The van der Waals surface area contributed by atoms with Crippen LogP contribution >= 0.6 is 0 Å². The van der Waals surface area contributed by atoms with E-state index in [0.29, 0.717) is 18.8 Å². The fourth-order valence-corrected chi connectivity index (χ4v) is 3.50. The third-order valence-corrected chi connectivity index (χ3v) is 4.94. The Balaban J connectivity index is 2.33. The number of fused-ring (bicyclic) bond motifs is 1. The van der Waals surface area contributed by atoms with Crippen LogP contribution in [0.3, 0.4) is 0 Å². The molecule has 1 aliphatic rings. The topological polar surface area (TPSA) is 92.5 Å². The Morgan fingerprint density at radius 3 is 2.81 bits per heavy atom. The molecule has 1 unspecified atom stereocenters. The molecule has 0 fully saturated rings. The molecule has 0 spiro atoms. The van der Waals surface area contributed by atoms with E-state index in [0.717, 1.165) is 12.0 Å². The van der Waals surface area contributed by atoms with E-state index in [1.807, 2.05) is 0 Å². The van der Waals surface area contributed by atoms with Gasteiger partial charge in [0.25, 0.3) is 0 Å². The zero-order valence-electron chi connectivity index (χ0n) is 12.3. The zero-order chi connectivity index (χ0) is 15.6. The largest absolute Gasteiger partial charge is 0.327 e. The molecule has 21 heavy (non-hydrogen) atoms. The number of anilines is 1. The summed E-state index contributed by atoms with van der Waals surface area (Å²) in [5, 5.41) is 0. The second-order valence-corrected chi connectivity index (χ2v) is 7.04. The maximum Gasteiger partial charge on any atom is 0.240 e. The van der Waals surface area contributed by atoms with Crippen molar-refractivity contribution in [2.45, 2.75) is 37.6 Å². The molecule has 1 aromatic rings. The van der Waals surface area contributed by atoms with Crippen molar-refractivity contribution in [3.8, 4) is 0 Å². The van der Waals surface area contributed by atoms with E-state index in [-0.39, 0.29) is 23.3 Å². The third-order valence-electron chi connectivity index (χ3n) is 3.39. The quantitative estimate of drug-likeness (QED) is 0.833. The highest BCUT2D eigenvalue weighted by Gasteiger charge is 2.27. The molecule has 0 saturated heterocycles. The van der Waals surface area contributed by atoms with Gasteiger partial charge in [-0.05, 0) is 31.0 Å². The van der Waals surface area contributed by atoms with Gasteiger partial charge in [0.05, 0.1) is 4.90 Å². The maximum absolute atomic E-state index is 12.2. The first-order chi connectivity index (χ1) is 9.85. The predicted molar refractivity (Wildman–Crippen MR) is 81.6 cm³/mol. The molecule has 0 saturated carbocycles. The van der Waals surface area contributed by atoms with Crippen molar-refractivity contribution in [2.24, 2.45) is 5.73 Å². The van der Waals surface area contributed by atoms with Crippen molar-refractivity contribution in [3.05, 3.63) is 23.8 Å². The normalized spacial score (nSPS) is 15.9. The first kappa shape index (κ1) is 15.9. The summed E-state index contributed by atoms with van der Waals surface area (Å²) < 4.78 is 26.6. The van der Waals surface area contributed by atoms with Crippen LogP contribution < -0.4 is 15.4 Å². The summed E-state index contributed by atoms with van der Waals surface area (Å²) in [5.74, 6) is -0.0678. The number of nitrogens with zero attached hydrogens (tertiary/aromatic N) is 1. The monoisotopic (exact) mass is 311 g/mol. The van der Waals surface area contributed by atoms with E-state index in [4.69, 9.17) is 5.73 Å². The standard InChI is InChI=1S/C14H21N3O3S/c1-3-16-21(19,20)12-5-4-11-6-7-17(13(11)9-12)14(18)8-10(2)15/h4-5,9-10,16H,3,6-8,15H2,1-2H3. The number of carbonyl (C=O) groups excluding carboxylic acids is 1. The number of sulfonamides is 1. The van der Waals surface area contributed by atoms with Crippen molar-refractivity contribution in [3.63, 3.8) is 0 Å². The number of hydrogen-bond donors (Lipinski definition) is 2. The lowest BCUT2D eigenvalue weighted by Crippen LogP contribution is -2.33. The fourth-order valence-electron chi connectivity index (χ4n) is 2.44. The van der Waals surface area contributed by atoms with Crippen molar-refractivity contribution in [1.29, 1.82) is 0 Å². The second kappa shape index (κ2) is 6.13. The summed E-state index contributed by atoms with van der Waals surface area (Å²) >= 11 is 0. The van der Waals surface area contributed by atoms with E-state index in [1.165, 1.54) is 0 Å². The average Bonchev–Trinajstić information content (AvgIpc) is 2.80. The smallest absolute Gasteiger partial charge is 0.240 e. The summed E-state index contributed by atoms with van der Waals surface area (Å²) in [6, 6.07) is 4.71. The zero-order valence-corrected chi connectivity index (χ0v) is 13.1. The predicted octanol–water partition coefficient (Wildman–Crippen LogP) is 0.611. The number of carbonyl (C=O) groups is 1. The van der Waals surface area contributed by atoms with Crippen LogP contribution in [0.25, 0.3) is 0 Å². The molecule has 7 heteroatoms. The minimum atomic E-state index is -3.52. The van der Waals surface area contributed by atoms with Gasteiger partial charge in [0.1, 0.15) is 0 Å². The Morgan fingerprint density at radius 2 is 2.19 bits per heavy atom. The SMILES string of the molecule is CCNS(=O)(=O)c1ccc2c(c1)N(C(=O)CC(C)N)CC2. The second-order valence-electron chi connectivity index (χ2n) is 5.27. The lowest BCUT2D eigenvalue weighted by atomic mass is 10.1. The number of nitrogens with one attached hydrogen (secondary N) is 1. The number of nitrogens with two attached hydrogens (primary N) is 1. The van der Waals surface area contributed by atoms with Gasteiger partial charge in [0.15, 0.2) is 0 Å². The van der Waals surface area contributed by atoms with Gasteiger partial charge in [-0.15, -0.1) is 0 Å². The molecular formula is C14H21N3O3S. The van der Waals surface area contributed by atoms with Crippen molar-refractivity contribution in [1.82, 2.24) is 4.72 Å². The number of rotatable bonds is 5. The molecule has 1 atom stereocenters. The molecule has 116 valence electrons. The molecule has 2 rings (SSSR count). The van der Waals surface area contributed by atoms with Crippen LogP contribution in [0.1, 0.15) is 25.8 Å². The molecule has 1 aliphatic heterocycles. The van der Waals surface area contributed by atoms with Gasteiger partial charge in [-0.1, -0.05) is 13.0 Å². The van der Waals surface area contributed by atoms with Gasteiger partial charge in [0.2, 0.25) is 15.9 Å². The minimum Gasteiger partial charge on any atom is -0.327 e. The van der Waals surface area contributed by atoms with Crippen LogP contribution in [0, 0.1) is 0 Å². The summed E-state index contributed by atoms with van der Waals surface area (Å²) in [5.41, 5.74) is 7.34. The molecule has 1 aromatic carbocycles. The van der Waals surface area contributed by atoms with Crippen LogP contribution in [0.2, 0.25) is 0 Å². The first-order valence-corrected chi connectivity index (χ1v) is 8.52. The van der Waals surface area contributed by atoms with Crippen LogP contribution in [-0.2, 0) is 21.2 Å². The van der Waals surface area contributed by atoms with E-state index >= 15 is 0 Å². The minimum absolute atomic E-state index is 0.0678. The average molecular weight is 311 g/mol. The van der Waals surface area contributed by atoms with Crippen molar-refractivity contribution < 1.29 is 13.2 Å². The summed E-state index contributed by atoms with van der Waals surface area (Å²) in [4.78, 5) is 14.0. The van der Waals surface area contributed by atoms with Crippen LogP contribution in [0.5, 0.6) is 0 Å². The van der Waals surface area contributed by atoms with Gasteiger partial charge in [0, 0.05) is 31.2 Å². The van der Waals surface area contributed by atoms with Crippen molar-refractivity contribution >= 4 is 21.6 Å². The highest BCUT2D eigenvalue weighted by Crippen LogP contribution is 2.31. The number of amides is 1. The molecule has 1 amide bonds. The van der Waals surface area contributed by atoms with E-state index in [9.17, 15) is 13.2 Å². The molecule has 0 bridgehead atoms. The van der Waals surface area contributed by atoms with E-state index in [2.05, 4.69) is 4.72 Å². The Bertz CT molecular complexity index is 641. The fraction of sp³-hybridized carbons (Fsp3) is 0.500.